The van der Waals surface area contributed by atoms with Gasteiger partial charge in [-0.05, 0) is 48.0 Å². The number of benzene rings is 4. The van der Waals surface area contributed by atoms with Crippen molar-refractivity contribution in [2.75, 3.05) is 24.9 Å². The fraction of sp³-hybridized carbons (Fsp3) is 0.103. The summed E-state index contributed by atoms with van der Waals surface area (Å²) >= 11 is 13.5. The van der Waals surface area contributed by atoms with Gasteiger partial charge in [-0.15, -0.1) is 11.8 Å². The molecule has 0 heterocycles. The smallest absolute Gasteiger partial charge is 0.257 e. The van der Waals surface area contributed by atoms with E-state index in [2.05, 4.69) is 10.6 Å². The van der Waals surface area contributed by atoms with Crippen LogP contribution in [0.2, 0.25) is 10.0 Å². The quantitative estimate of drug-likeness (QED) is 0.203. The van der Waals surface area contributed by atoms with Gasteiger partial charge < -0.3 is 20.1 Å². The Labute approximate surface area is 235 Å². The highest BCUT2D eigenvalue weighted by molar-refractivity contribution is 8.00. The molecule has 0 aliphatic carbocycles. The fourth-order valence-electron chi connectivity index (χ4n) is 3.61. The number of anilines is 2. The van der Waals surface area contributed by atoms with E-state index in [-0.39, 0.29) is 16.8 Å². The van der Waals surface area contributed by atoms with Crippen LogP contribution in [0.15, 0.2) is 95.9 Å². The van der Waals surface area contributed by atoms with Crippen molar-refractivity contribution in [3.8, 4) is 11.5 Å². The van der Waals surface area contributed by atoms with Crippen LogP contribution in [0.3, 0.4) is 0 Å². The van der Waals surface area contributed by atoms with Gasteiger partial charge in [-0.1, -0.05) is 53.5 Å². The lowest BCUT2D eigenvalue weighted by Gasteiger charge is -2.18. The molecule has 4 rings (SSSR count). The number of halogens is 2. The zero-order valence-corrected chi connectivity index (χ0v) is 22.9. The molecule has 2 amide bonds. The van der Waals surface area contributed by atoms with Gasteiger partial charge >= 0.3 is 0 Å². The lowest BCUT2D eigenvalue weighted by atomic mass is 10.1. The number of carbonyl (C=O) groups excluding carboxylic acids is 2. The second kappa shape index (κ2) is 12.7. The van der Waals surface area contributed by atoms with Gasteiger partial charge in [0, 0.05) is 39.5 Å². The van der Waals surface area contributed by atoms with Gasteiger partial charge in [0.1, 0.15) is 16.7 Å². The van der Waals surface area contributed by atoms with Crippen molar-refractivity contribution in [2.45, 2.75) is 10.1 Å². The van der Waals surface area contributed by atoms with E-state index in [0.29, 0.717) is 33.5 Å². The maximum Gasteiger partial charge on any atom is 0.257 e. The highest BCUT2D eigenvalue weighted by atomic mass is 35.5. The van der Waals surface area contributed by atoms with Crippen molar-refractivity contribution in [3.05, 3.63) is 112 Å². The van der Waals surface area contributed by atoms with E-state index in [9.17, 15) is 9.59 Å². The first-order chi connectivity index (χ1) is 18.4. The maximum absolute atomic E-state index is 13.4. The van der Waals surface area contributed by atoms with Crippen molar-refractivity contribution in [2.24, 2.45) is 0 Å². The number of carbonyl (C=O) groups is 2. The molecule has 0 radical (unpaired) electrons. The van der Waals surface area contributed by atoms with Gasteiger partial charge in [-0.25, -0.2) is 0 Å². The molecule has 0 aliphatic rings. The van der Waals surface area contributed by atoms with Gasteiger partial charge in [0.15, 0.2) is 0 Å². The molecule has 4 aromatic rings. The molecule has 0 aliphatic heterocycles. The second-order valence-electron chi connectivity index (χ2n) is 8.10. The number of hydrogen-bond donors (Lipinski definition) is 2. The Balaban J connectivity index is 1.51. The van der Waals surface area contributed by atoms with Crippen LogP contribution < -0.4 is 20.1 Å². The molecule has 0 spiro atoms. The third-order valence-electron chi connectivity index (χ3n) is 5.50. The minimum atomic E-state index is -0.540. The number of hydrogen-bond acceptors (Lipinski definition) is 5. The van der Waals surface area contributed by atoms with Crippen molar-refractivity contribution in [1.82, 2.24) is 0 Å². The van der Waals surface area contributed by atoms with Crippen LogP contribution in [0.4, 0.5) is 11.4 Å². The molecule has 2 N–H and O–H groups in total. The van der Waals surface area contributed by atoms with E-state index in [1.165, 1.54) is 17.8 Å². The van der Waals surface area contributed by atoms with Crippen LogP contribution in [0, 0.1) is 0 Å². The van der Waals surface area contributed by atoms with Crippen molar-refractivity contribution in [3.63, 3.8) is 0 Å². The molecule has 0 fully saturated rings. The largest absolute Gasteiger partial charge is 0.497 e. The molecule has 0 aromatic heterocycles. The fourth-order valence-corrected chi connectivity index (χ4v) is 5.13. The van der Waals surface area contributed by atoms with Gasteiger partial charge in [0.2, 0.25) is 5.91 Å². The van der Waals surface area contributed by atoms with E-state index in [4.69, 9.17) is 32.7 Å². The van der Waals surface area contributed by atoms with E-state index in [1.54, 1.807) is 56.7 Å². The summed E-state index contributed by atoms with van der Waals surface area (Å²) in [6, 6.07) is 26.7. The lowest BCUT2D eigenvalue weighted by molar-refractivity contribution is -0.115. The molecule has 6 nitrogen and oxygen atoms in total. The number of methoxy groups -OCH3 is 2. The number of rotatable bonds is 9. The van der Waals surface area contributed by atoms with Crippen LogP contribution >= 0.6 is 35.0 Å². The van der Waals surface area contributed by atoms with Gasteiger partial charge in [0.25, 0.3) is 5.91 Å². The summed E-state index contributed by atoms with van der Waals surface area (Å²) in [4.78, 5) is 26.9. The first-order valence-electron chi connectivity index (χ1n) is 11.5. The van der Waals surface area contributed by atoms with Crippen molar-refractivity contribution in [1.29, 1.82) is 0 Å². The second-order valence-corrected chi connectivity index (χ2v) is 10.1. The molecule has 0 bridgehead atoms. The Morgan fingerprint density at radius 1 is 0.763 bits per heavy atom. The van der Waals surface area contributed by atoms with Gasteiger partial charge in [0.05, 0.1) is 24.8 Å². The first-order valence-corrected chi connectivity index (χ1v) is 13.1. The number of amides is 2. The molecule has 38 heavy (non-hydrogen) atoms. The third-order valence-corrected chi connectivity index (χ3v) is 7.32. The topological polar surface area (TPSA) is 76.7 Å². The Hall–Kier alpha value is -3.65. The predicted octanol–water partition coefficient (Wildman–Crippen LogP) is 7.74. The summed E-state index contributed by atoms with van der Waals surface area (Å²) in [6.45, 7) is 0. The van der Waals surface area contributed by atoms with E-state index in [0.717, 1.165) is 10.5 Å². The number of thioether (sulfide) groups is 1. The molecular formula is C29H24Cl2N2O4S. The average molecular weight is 567 g/mol. The van der Waals surface area contributed by atoms with Crippen LogP contribution in [0.1, 0.15) is 21.2 Å². The van der Waals surface area contributed by atoms with E-state index >= 15 is 0 Å². The van der Waals surface area contributed by atoms with Crippen LogP contribution in [-0.4, -0.2) is 26.0 Å². The average Bonchev–Trinajstić information content (AvgIpc) is 2.92. The summed E-state index contributed by atoms with van der Waals surface area (Å²) in [5, 5.41) is 5.99. The zero-order valence-electron chi connectivity index (χ0n) is 20.5. The Kier molecular flexibility index (Phi) is 9.18. The monoisotopic (exact) mass is 566 g/mol. The summed E-state index contributed by atoms with van der Waals surface area (Å²) < 4.78 is 10.6. The molecule has 0 saturated heterocycles. The summed E-state index contributed by atoms with van der Waals surface area (Å²) in [5.74, 6) is 0.593. The molecule has 4 aromatic carbocycles. The van der Waals surface area contributed by atoms with Gasteiger partial charge in [-0.3, -0.25) is 9.59 Å². The standard InChI is InChI=1S/C29H24Cl2N2O4S/c1-36-22-15-21(16-23(17-22)37-2)33-29(35)27(18-6-4-3-5-7-18)38-24-11-9-20(10-12-24)32-28(34)25-13-8-19(30)14-26(25)31/h3-17,27H,1-2H3,(H,32,34)(H,33,35). The molecular weight excluding hydrogens is 543 g/mol. The zero-order chi connectivity index (χ0) is 27.1. The molecule has 0 saturated carbocycles. The summed E-state index contributed by atoms with van der Waals surface area (Å²) in [7, 11) is 3.11. The normalized spacial score (nSPS) is 11.4. The summed E-state index contributed by atoms with van der Waals surface area (Å²) in [5.41, 5.74) is 2.32. The number of ether oxygens (including phenoxy) is 2. The SMILES string of the molecule is COc1cc(NC(=O)C(Sc2ccc(NC(=O)c3ccc(Cl)cc3Cl)cc2)c2ccccc2)cc(OC)c1. The highest BCUT2D eigenvalue weighted by Gasteiger charge is 2.23. The van der Waals surface area contributed by atoms with E-state index in [1.807, 2.05) is 42.5 Å². The molecule has 1 atom stereocenters. The Bertz CT molecular complexity index is 1410. The van der Waals surface area contributed by atoms with Gasteiger partial charge in [-0.2, -0.15) is 0 Å². The van der Waals surface area contributed by atoms with Crippen molar-refractivity contribution >= 4 is 58.2 Å². The predicted molar refractivity (Wildman–Crippen MR) is 154 cm³/mol. The molecule has 1 unspecified atom stereocenters. The third kappa shape index (κ3) is 7.01. The van der Waals surface area contributed by atoms with Crippen LogP contribution in [0.5, 0.6) is 11.5 Å². The minimum Gasteiger partial charge on any atom is -0.497 e. The van der Waals surface area contributed by atoms with Crippen LogP contribution in [-0.2, 0) is 4.79 Å². The first kappa shape index (κ1) is 27.4. The highest BCUT2D eigenvalue weighted by Crippen LogP contribution is 2.37. The number of nitrogens with one attached hydrogen (secondary N) is 2. The lowest BCUT2D eigenvalue weighted by Crippen LogP contribution is -2.19. The Morgan fingerprint density at radius 2 is 1.42 bits per heavy atom. The molecule has 194 valence electrons. The maximum atomic E-state index is 13.4. The van der Waals surface area contributed by atoms with E-state index < -0.39 is 5.25 Å². The van der Waals surface area contributed by atoms with Crippen LogP contribution in [0.25, 0.3) is 0 Å². The molecule has 9 heteroatoms. The summed E-state index contributed by atoms with van der Waals surface area (Å²) in [6.07, 6.45) is 0. The van der Waals surface area contributed by atoms with Crippen molar-refractivity contribution < 1.29 is 19.1 Å². The minimum absolute atomic E-state index is 0.203. The Morgan fingerprint density at radius 3 is 2.03 bits per heavy atom.